The van der Waals surface area contributed by atoms with Gasteiger partial charge in [0.25, 0.3) is 5.91 Å². The second kappa shape index (κ2) is 6.94. The zero-order chi connectivity index (χ0) is 17.1. The average molecular weight is 317 g/mol. The minimum atomic E-state index is -0.292. The molecule has 0 unspecified atom stereocenters. The summed E-state index contributed by atoms with van der Waals surface area (Å²) in [6.07, 6.45) is 1.61. The van der Waals surface area contributed by atoms with Crippen molar-refractivity contribution < 1.29 is 9.18 Å². The van der Waals surface area contributed by atoms with Crippen LogP contribution in [0.25, 0.3) is 5.69 Å². The van der Waals surface area contributed by atoms with Gasteiger partial charge in [-0.2, -0.15) is 5.10 Å². The molecule has 1 heterocycles. The van der Waals surface area contributed by atoms with Crippen LogP contribution in [0.3, 0.4) is 0 Å². The van der Waals surface area contributed by atoms with E-state index in [9.17, 15) is 9.18 Å². The van der Waals surface area contributed by atoms with Crippen LogP contribution >= 0.6 is 0 Å². The lowest BCUT2D eigenvalue weighted by Crippen LogP contribution is -2.31. The smallest absolute Gasteiger partial charge is 0.257 e. The maximum absolute atomic E-state index is 13.1. The van der Waals surface area contributed by atoms with Crippen LogP contribution < -0.4 is 0 Å². The largest absolute Gasteiger partial charge is 0.341 e. The highest BCUT2D eigenvalue weighted by Gasteiger charge is 2.23. The molecule has 0 radical (unpaired) electrons. The molecule has 0 saturated carbocycles. The van der Waals surface area contributed by atoms with Crippen molar-refractivity contribution in [1.29, 1.82) is 0 Å². The van der Waals surface area contributed by atoms with Gasteiger partial charge in [-0.3, -0.25) is 4.79 Å². The Morgan fingerprint density at radius 1 is 1.22 bits per heavy atom. The first-order chi connectivity index (χ1) is 10.8. The fourth-order valence-corrected chi connectivity index (χ4v) is 2.70. The molecular weight excluding hydrogens is 293 g/mol. The molecule has 5 heteroatoms. The van der Waals surface area contributed by atoms with Crippen LogP contribution in [-0.4, -0.2) is 34.2 Å². The van der Waals surface area contributed by atoms with Crippen LogP contribution in [0.15, 0.2) is 30.5 Å². The highest BCUT2D eigenvalue weighted by Crippen LogP contribution is 2.24. The zero-order valence-corrected chi connectivity index (χ0v) is 14.4. The first-order valence-corrected chi connectivity index (χ1v) is 7.90. The van der Waals surface area contributed by atoms with Gasteiger partial charge in [-0.05, 0) is 36.1 Å². The van der Waals surface area contributed by atoms with E-state index in [0.29, 0.717) is 18.0 Å². The van der Waals surface area contributed by atoms with Crippen molar-refractivity contribution in [2.75, 3.05) is 13.6 Å². The summed E-state index contributed by atoms with van der Waals surface area (Å²) in [5.74, 6) is 0.197. The lowest BCUT2D eigenvalue weighted by atomic mass is 10.0. The number of hydrogen-bond donors (Lipinski definition) is 0. The molecule has 0 bridgehead atoms. The highest BCUT2D eigenvalue weighted by atomic mass is 19.1. The number of nitrogens with zero attached hydrogens (tertiary/aromatic N) is 3. The summed E-state index contributed by atoms with van der Waals surface area (Å²) < 4.78 is 14.9. The van der Waals surface area contributed by atoms with E-state index < -0.39 is 0 Å². The number of carbonyl (C=O) groups excluding carboxylic acids is 1. The summed E-state index contributed by atoms with van der Waals surface area (Å²) in [7, 11) is 1.81. The average Bonchev–Trinajstić information content (AvgIpc) is 2.91. The number of benzene rings is 1. The van der Waals surface area contributed by atoms with Crippen molar-refractivity contribution in [2.45, 2.75) is 33.6 Å². The van der Waals surface area contributed by atoms with Crippen LogP contribution in [0.1, 0.15) is 49.7 Å². The summed E-state index contributed by atoms with van der Waals surface area (Å²) in [5, 5.41) is 4.37. The monoisotopic (exact) mass is 317 g/mol. The van der Waals surface area contributed by atoms with Gasteiger partial charge in [0.2, 0.25) is 0 Å². The van der Waals surface area contributed by atoms with E-state index in [4.69, 9.17) is 0 Å². The van der Waals surface area contributed by atoms with Gasteiger partial charge in [0.05, 0.1) is 23.1 Å². The quantitative estimate of drug-likeness (QED) is 0.840. The summed E-state index contributed by atoms with van der Waals surface area (Å²) in [4.78, 5) is 14.4. The van der Waals surface area contributed by atoms with E-state index in [2.05, 4.69) is 18.9 Å². The standard InChI is InChI=1S/C18H24FN3O/c1-12(2)11-21(5)18(23)16-10-20-22(17(16)13(3)4)15-8-6-14(19)7-9-15/h6-10,12-13H,11H2,1-5H3. The van der Waals surface area contributed by atoms with Crippen LogP contribution in [0.2, 0.25) is 0 Å². The van der Waals surface area contributed by atoms with E-state index >= 15 is 0 Å². The van der Waals surface area contributed by atoms with Crippen molar-refractivity contribution in [3.05, 3.63) is 47.5 Å². The summed E-state index contributed by atoms with van der Waals surface area (Å²) in [5.41, 5.74) is 2.20. The molecule has 4 nitrogen and oxygen atoms in total. The molecule has 124 valence electrons. The molecule has 0 aliphatic heterocycles. The molecule has 0 N–H and O–H groups in total. The number of hydrogen-bond acceptors (Lipinski definition) is 2. The number of carbonyl (C=O) groups is 1. The molecule has 0 atom stereocenters. The fourth-order valence-electron chi connectivity index (χ4n) is 2.70. The molecule has 2 aromatic rings. The van der Waals surface area contributed by atoms with Crippen molar-refractivity contribution in [3.63, 3.8) is 0 Å². The van der Waals surface area contributed by atoms with E-state index in [1.807, 2.05) is 20.9 Å². The molecule has 1 aromatic carbocycles. The molecule has 0 aliphatic carbocycles. The maximum Gasteiger partial charge on any atom is 0.257 e. The normalized spacial score (nSPS) is 11.3. The predicted octanol–water partition coefficient (Wildman–Crippen LogP) is 3.86. The Kier molecular flexibility index (Phi) is 5.19. The highest BCUT2D eigenvalue weighted by molar-refractivity contribution is 5.95. The lowest BCUT2D eigenvalue weighted by molar-refractivity contribution is 0.0777. The molecule has 0 aliphatic rings. The summed E-state index contributed by atoms with van der Waals surface area (Å²) in [6, 6.07) is 6.13. The Morgan fingerprint density at radius 3 is 2.35 bits per heavy atom. The fraction of sp³-hybridized carbons (Fsp3) is 0.444. The van der Waals surface area contributed by atoms with Crippen molar-refractivity contribution in [2.24, 2.45) is 5.92 Å². The van der Waals surface area contributed by atoms with Gasteiger partial charge in [-0.1, -0.05) is 27.7 Å². The topological polar surface area (TPSA) is 38.1 Å². The third-order valence-electron chi connectivity index (χ3n) is 3.64. The minimum Gasteiger partial charge on any atom is -0.341 e. The third kappa shape index (κ3) is 3.78. The van der Waals surface area contributed by atoms with Crippen molar-refractivity contribution >= 4 is 5.91 Å². The summed E-state index contributed by atoms with van der Waals surface area (Å²) in [6.45, 7) is 8.90. The van der Waals surface area contributed by atoms with E-state index in [-0.39, 0.29) is 17.6 Å². The molecule has 0 spiro atoms. The molecule has 2 rings (SSSR count). The molecule has 1 aromatic heterocycles. The third-order valence-corrected chi connectivity index (χ3v) is 3.64. The predicted molar refractivity (Wildman–Crippen MR) is 89.4 cm³/mol. The van der Waals surface area contributed by atoms with E-state index in [1.54, 1.807) is 27.9 Å². The maximum atomic E-state index is 13.1. The van der Waals surface area contributed by atoms with Gasteiger partial charge >= 0.3 is 0 Å². The van der Waals surface area contributed by atoms with Gasteiger partial charge in [0.1, 0.15) is 5.82 Å². The second-order valence-corrected chi connectivity index (χ2v) is 6.57. The Bertz CT molecular complexity index is 674. The molecule has 0 fully saturated rings. The second-order valence-electron chi connectivity index (χ2n) is 6.57. The molecule has 23 heavy (non-hydrogen) atoms. The Hall–Kier alpha value is -2.17. The number of aromatic nitrogens is 2. The molecule has 0 saturated heterocycles. The van der Waals surface area contributed by atoms with E-state index in [1.165, 1.54) is 12.1 Å². The lowest BCUT2D eigenvalue weighted by Gasteiger charge is -2.20. The number of rotatable bonds is 5. The first-order valence-electron chi connectivity index (χ1n) is 7.90. The van der Waals surface area contributed by atoms with Crippen LogP contribution in [0.4, 0.5) is 4.39 Å². The van der Waals surface area contributed by atoms with Gasteiger partial charge in [0.15, 0.2) is 0 Å². The Balaban J connectivity index is 2.42. The van der Waals surface area contributed by atoms with Gasteiger partial charge < -0.3 is 4.90 Å². The summed E-state index contributed by atoms with van der Waals surface area (Å²) >= 11 is 0. The van der Waals surface area contributed by atoms with Gasteiger partial charge in [-0.15, -0.1) is 0 Å². The van der Waals surface area contributed by atoms with Crippen molar-refractivity contribution in [3.8, 4) is 5.69 Å². The number of halogens is 1. The SMILES string of the molecule is CC(C)CN(C)C(=O)c1cnn(-c2ccc(F)cc2)c1C(C)C. The molecule has 1 amide bonds. The first kappa shape index (κ1) is 17.2. The van der Waals surface area contributed by atoms with E-state index in [0.717, 1.165) is 11.4 Å². The van der Waals surface area contributed by atoms with Gasteiger partial charge in [0, 0.05) is 13.6 Å². The molecular formula is C18H24FN3O. The van der Waals surface area contributed by atoms with Crippen LogP contribution in [0.5, 0.6) is 0 Å². The van der Waals surface area contributed by atoms with Crippen LogP contribution in [0, 0.1) is 11.7 Å². The minimum absolute atomic E-state index is 0.0317. The van der Waals surface area contributed by atoms with Crippen molar-refractivity contribution in [1.82, 2.24) is 14.7 Å². The Morgan fingerprint density at radius 2 is 1.83 bits per heavy atom. The van der Waals surface area contributed by atoms with Crippen LogP contribution in [-0.2, 0) is 0 Å². The number of amides is 1. The Labute approximate surface area is 136 Å². The van der Waals surface area contributed by atoms with Gasteiger partial charge in [-0.25, -0.2) is 9.07 Å². The zero-order valence-electron chi connectivity index (χ0n) is 14.4.